The minimum Gasteiger partial charge on any atom is -0.348 e. The second kappa shape index (κ2) is 2.66. The fraction of sp³-hybridized carbons (Fsp3) is 0.625. The molecule has 1 aliphatic carbocycles. The molecule has 1 fully saturated rings. The van der Waals surface area contributed by atoms with Crippen molar-refractivity contribution in [3.63, 3.8) is 0 Å². The van der Waals surface area contributed by atoms with E-state index in [1.165, 1.54) is 12.1 Å². The molecule has 0 saturated heterocycles. The highest BCUT2D eigenvalue weighted by molar-refractivity contribution is 5.01. The van der Waals surface area contributed by atoms with Gasteiger partial charge in [0.2, 0.25) is 0 Å². The van der Waals surface area contributed by atoms with Crippen LogP contribution in [0.2, 0.25) is 0 Å². The molecule has 2 atom stereocenters. The molecule has 1 saturated carbocycles. The Kier molecular flexibility index (Phi) is 1.66. The van der Waals surface area contributed by atoms with Crippen LogP contribution < -0.4 is 5.73 Å². The lowest BCUT2D eigenvalue weighted by Crippen LogP contribution is -2.03. The number of hydrogen-bond donors (Lipinski definition) is 2. The minimum absolute atomic E-state index is 0.776. The van der Waals surface area contributed by atoms with Crippen LogP contribution in [0.15, 0.2) is 12.5 Å². The van der Waals surface area contributed by atoms with E-state index in [1.807, 2.05) is 6.20 Å². The molecule has 1 heterocycles. The fourth-order valence-electron chi connectivity index (χ4n) is 1.53. The summed E-state index contributed by atoms with van der Waals surface area (Å²) in [6, 6.07) is 0. The molecule has 11 heavy (non-hydrogen) atoms. The number of nitrogens with two attached hydrogens (primary N) is 1. The molecule has 0 amide bonds. The molecular weight excluding hydrogens is 138 g/mol. The molecule has 1 aromatic rings. The van der Waals surface area contributed by atoms with Gasteiger partial charge in [0.15, 0.2) is 0 Å². The topological polar surface area (TPSA) is 54.7 Å². The first-order valence-electron chi connectivity index (χ1n) is 4.07. The van der Waals surface area contributed by atoms with E-state index in [0.717, 1.165) is 24.8 Å². The number of H-pyrrole nitrogens is 1. The van der Waals surface area contributed by atoms with E-state index >= 15 is 0 Å². The summed E-state index contributed by atoms with van der Waals surface area (Å²) >= 11 is 0. The average Bonchev–Trinajstić information content (AvgIpc) is 2.54. The lowest BCUT2D eigenvalue weighted by molar-refractivity contribution is 0.696. The molecule has 3 N–H and O–H groups in total. The number of nitrogens with zero attached hydrogens (tertiary/aromatic N) is 1. The number of nitrogens with one attached hydrogen (secondary N) is 1. The van der Waals surface area contributed by atoms with Crippen LogP contribution in [0, 0.1) is 11.8 Å². The maximum atomic E-state index is 5.53. The van der Waals surface area contributed by atoms with E-state index in [2.05, 4.69) is 9.97 Å². The Balaban J connectivity index is 1.85. The van der Waals surface area contributed by atoms with Crippen LogP contribution in [0.25, 0.3) is 0 Å². The average molecular weight is 151 g/mol. The minimum atomic E-state index is 0.776. The standard InChI is InChI=1S/C8H13N3/c9-3-7-1-6(7)2-8-4-10-5-11-8/h4-7H,1-3,9H2,(H,10,11)/t6-,7-/m1/s1. The van der Waals surface area contributed by atoms with Crippen molar-refractivity contribution in [2.24, 2.45) is 17.6 Å². The van der Waals surface area contributed by atoms with Gasteiger partial charge in [-0.05, 0) is 31.2 Å². The molecule has 60 valence electrons. The lowest BCUT2D eigenvalue weighted by atomic mass is 10.2. The highest BCUT2D eigenvalue weighted by atomic mass is 14.9. The maximum absolute atomic E-state index is 5.53. The second-order valence-electron chi connectivity index (χ2n) is 3.27. The predicted molar refractivity (Wildman–Crippen MR) is 42.9 cm³/mol. The highest BCUT2D eigenvalue weighted by Crippen LogP contribution is 2.39. The molecule has 3 nitrogen and oxygen atoms in total. The molecule has 0 spiro atoms. The number of rotatable bonds is 3. The summed E-state index contributed by atoms with van der Waals surface area (Å²) in [5, 5.41) is 0. The van der Waals surface area contributed by atoms with Crippen molar-refractivity contribution in [1.82, 2.24) is 9.97 Å². The van der Waals surface area contributed by atoms with Crippen LogP contribution in [-0.4, -0.2) is 16.5 Å². The molecule has 1 aliphatic rings. The lowest BCUT2D eigenvalue weighted by Gasteiger charge is -1.93. The molecular formula is C8H13N3. The van der Waals surface area contributed by atoms with Gasteiger partial charge in [-0.2, -0.15) is 0 Å². The van der Waals surface area contributed by atoms with Gasteiger partial charge in [-0.1, -0.05) is 0 Å². The first kappa shape index (κ1) is 6.85. The summed E-state index contributed by atoms with van der Waals surface area (Å²) in [6.07, 6.45) is 6.05. The predicted octanol–water partition coefficient (Wildman–Crippen LogP) is 0.547. The van der Waals surface area contributed by atoms with Crippen LogP contribution in [0.3, 0.4) is 0 Å². The summed E-state index contributed by atoms with van der Waals surface area (Å²) < 4.78 is 0. The van der Waals surface area contributed by atoms with Crippen molar-refractivity contribution >= 4 is 0 Å². The van der Waals surface area contributed by atoms with Gasteiger partial charge < -0.3 is 10.7 Å². The smallest absolute Gasteiger partial charge is 0.0921 e. The van der Waals surface area contributed by atoms with Gasteiger partial charge in [-0.15, -0.1) is 0 Å². The van der Waals surface area contributed by atoms with Crippen LogP contribution in [0.4, 0.5) is 0 Å². The van der Waals surface area contributed by atoms with Gasteiger partial charge in [-0.3, -0.25) is 0 Å². The molecule has 0 aromatic carbocycles. The third-order valence-corrected chi connectivity index (χ3v) is 2.41. The Morgan fingerprint density at radius 1 is 1.64 bits per heavy atom. The van der Waals surface area contributed by atoms with Gasteiger partial charge in [-0.25, -0.2) is 4.98 Å². The SMILES string of the molecule is NC[C@H]1C[C@@H]1Cc1cnc[nH]1. The second-order valence-corrected chi connectivity index (χ2v) is 3.27. The third-order valence-electron chi connectivity index (χ3n) is 2.41. The molecule has 0 bridgehead atoms. The Hall–Kier alpha value is -0.830. The van der Waals surface area contributed by atoms with E-state index < -0.39 is 0 Å². The zero-order valence-corrected chi connectivity index (χ0v) is 6.46. The quantitative estimate of drug-likeness (QED) is 0.662. The van der Waals surface area contributed by atoms with Gasteiger partial charge in [0.1, 0.15) is 0 Å². The highest BCUT2D eigenvalue weighted by Gasteiger charge is 2.35. The van der Waals surface area contributed by atoms with Crippen molar-refractivity contribution in [1.29, 1.82) is 0 Å². The molecule has 0 radical (unpaired) electrons. The van der Waals surface area contributed by atoms with Gasteiger partial charge >= 0.3 is 0 Å². The summed E-state index contributed by atoms with van der Waals surface area (Å²) in [6.45, 7) is 0.846. The molecule has 2 rings (SSSR count). The van der Waals surface area contributed by atoms with Crippen molar-refractivity contribution in [3.8, 4) is 0 Å². The Labute approximate surface area is 66.0 Å². The maximum Gasteiger partial charge on any atom is 0.0921 e. The fourth-order valence-corrected chi connectivity index (χ4v) is 1.53. The van der Waals surface area contributed by atoms with E-state index in [0.29, 0.717) is 0 Å². The van der Waals surface area contributed by atoms with E-state index in [4.69, 9.17) is 5.73 Å². The number of aromatic nitrogens is 2. The number of hydrogen-bond acceptors (Lipinski definition) is 2. The Bertz CT molecular complexity index is 217. The summed E-state index contributed by atoms with van der Waals surface area (Å²) in [7, 11) is 0. The normalized spacial score (nSPS) is 28.8. The Morgan fingerprint density at radius 3 is 3.09 bits per heavy atom. The van der Waals surface area contributed by atoms with Crippen molar-refractivity contribution in [2.45, 2.75) is 12.8 Å². The van der Waals surface area contributed by atoms with Crippen LogP contribution in [0.1, 0.15) is 12.1 Å². The zero-order chi connectivity index (χ0) is 7.68. The monoisotopic (exact) mass is 151 g/mol. The van der Waals surface area contributed by atoms with E-state index in [1.54, 1.807) is 6.33 Å². The van der Waals surface area contributed by atoms with Crippen LogP contribution in [0.5, 0.6) is 0 Å². The Morgan fingerprint density at radius 2 is 2.55 bits per heavy atom. The van der Waals surface area contributed by atoms with Gasteiger partial charge in [0.05, 0.1) is 6.33 Å². The van der Waals surface area contributed by atoms with Crippen molar-refractivity contribution in [2.75, 3.05) is 6.54 Å². The zero-order valence-electron chi connectivity index (χ0n) is 6.46. The largest absolute Gasteiger partial charge is 0.348 e. The van der Waals surface area contributed by atoms with Crippen molar-refractivity contribution < 1.29 is 0 Å². The molecule has 3 heteroatoms. The molecule has 0 aliphatic heterocycles. The third kappa shape index (κ3) is 1.43. The first-order chi connectivity index (χ1) is 5.40. The first-order valence-corrected chi connectivity index (χ1v) is 4.07. The van der Waals surface area contributed by atoms with E-state index in [-0.39, 0.29) is 0 Å². The van der Waals surface area contributed by atoms with E-state index in [9.17, 15) is 0 Å². The number of imidazole rings is 1. The molecule has 0 unspecified atom stereocenters. The summed E-state index contributed by atoms with van der Waals surface area (Å²) in [5.74, 6) is 1.60. The summed E-state index contributed by atoms with van der Waals surface area (Å²) in [5.41, 5.74) is 6.77. The number of aromatic amines is 1. The van der Waals surface area contributed by atoms with Gasteiger partial charge in [0.25, 0.3) is 0 Å². The van der Waals surface area contributed by atoms with Crippen LogP contribution >= 0.6 is 0 Å². The van der Waals surface area contributed by atoms with Crippen molar-refractivity contribution in [3.05, 3.63) is 18.2 Å². The molecule has 1 aromatic heterocycles. The van der Waals surface area contributed by atoms with Crippen LogP contribution in [-0.2, 0) is 6.42 Å². The summed E-state index contributed by atoms with van der Waals surface area (Å²) in [4.78, 5) is 7.07. The van der Waals surface area contributed by atoms with Gasteiger partial charge in [0, 0.05) is 11.9 Å².